The molecule has 1 unspecified atom stereocenters. The minimum absolute atomic E-state index is 0.0750. The van der Waals surface area contributed by atoms with Gasteiger partial charge in [-0.1, -0.05) is 23.7 Å². The molecule has 0 bridgehead atoms. The van der Waals surface area contributed by atoms with E-state index in [2.05, 4.69) is 5.16 Å². The van der Waals surface area contributed by atoms with Crippen LogP contribution in [-0.2, 0) is 10.0 Å². The molecule has 1 aliphatic rings. The number of rotatable bonds is 2. The van der Waals surface area contributed by atoms with Crippen LogP contribution in [0.25, 0.3) is 0 Å². The molecule has 1 aromatic rings. The zero-order valence-corrected chi connectivity index (χ0v) is 12.1. The maximum Gasteiger partial charge on any atom is 0.252 e. The molecule has 0 saturated carbocycles. The number of hydrogen-bond acceptors (Lipinski definition) is 5. The Kier molecular flexibility index (Phi) is 3.96. The lowest BCUT2D eigenvalue weighted by molar-refractivity contribution is 0.300. The summed E-state index contributed by atoms with van der Waals surface area (Å²) in [7, 11) is -3.47. The molecule has 1 N–H and O–H groups in total. The Labute approximate surface area is 115 Å². The predicted molar refractivity (Wildman–Crippen MR) is 71.1 cm³/mol. The molecule has 1 atom stereocenters. The van der Waals surface area contributed by atoms with Gasteiger partial charge in [0.2, 0.25) is 0 Å². The number of nitrogens with zero attached hydrogens (tertiary/aromatic N) is 2. The van der Waals surface area contributed by atoms with Crippen molar-refractivity contribution in [1.29, 1.82) is 0 Å². The summed E-state index contributed by atoms with van der Waals surface area (Å²) in [5.74, 6) is -0.0750. The normalized spacial score (nSPS) is 24.6. The van der Waals surface area contributed by atoms with Crippen LogP contribution in [0.2, 0.25) is 4.34 Å². The second kappa shape index (κ2) is 5.16. The minimum atomic E-state index is -3.47. The van der Waals surface area contributed by atoms with E-state index in [1.54, 1.807) is 6.07 Å². The molecule has 2 heterocycles. The molecule has 5 nitrogen and oxygen atoms in total. The number of halogens is 1. The van der Waals surface area contributed by atoms with Gasteiger partial charge in [0.05, 0.1) is 10.0 Å². The van der Waals surface area contributed by atoms with Crippen molar-refractivity contribution in [3.8, 4) is 0 Å². The van der Waals surface area contributed by atoms with E-state index < -0.39 is 10.0 Å². The van der Waals surface area contributed by atoms with Crippen molar-refractivity contribution in [2.75, 3.05) is 13.1 Å². The maximum absolute atomic E-state index is 12.3. The summed E-state index contributed by atoms with van der Waals surface area (Å²) in [6.07, 6.45) is 0.454. The van der Waals surface area contributed by atoms with E-state index in [9.17, 15) is 8.42 Å². The highest BCUT2D eigenvalue weighted by Crippen LogP contribution is 2.30. The Morgan fingerprint density at radius 3 is 2.78 bits per heavy atom. The smallest absolute Gasteiger partial charge is 0.252 e. The van der Waals surface area contributed by atoms with Crippen molar-refractivity contribution >= 4 is 38.7 Å². The zero-order chi connectivity index (χ0) is 13.3. The molecule has 1 saturated heterocycles. The van der Waals surface area contributed by atoms with E-state index in [4.69, 9.17) is 16.8 Å². The second-order valence-corrected chi connectivity index (χ2v) is 8.04. The number of oxime groups is 1. The summed E-state index contributed by atoms with van der Waals surface area (Å²) in [5, 5.41) is 12.0. The van der Waals surface area contributed by atoms with Crippen molar-refractivity contribution in [3.05, 3.63) is 16.5 Å². The molecule has 2 rings (SSSR count). The van der Waals surface area contributed by atoms with Gasteiger partial charge in [0.15, 0.2) is 0 Å². The van der Waals surface area contributed by atoms with E-state index in [0.29, 0.717) is 29.6 Å². The number of thiophene rings is 1. The number of hydrogen-bond donors (Lipinski definition) is 1. The molecule has 1 aromatic heterocycles. The Hall–Kier alpha value is -0.630. The maximum atomic E-state index is 12.3. The molecule has 8 heteroatoms. The third-order valence-corrected chi connectivity index (χ3v) is 6.50. The van der Waals surface area contributed by atoms with E-state index in [-0.39, 0.29) is 10.1 Å². The Morgan fingerprint density at radius 1 is 1.56 bits per heavy atom. The fraction of sp³-hybridized carbons (Fsp3) is 0.500. The molecule has 100 valence electrons. The first-order chi connectivity index (χ1) is 8.45. The van der Waals surface area contributed by atoms with Gasteiger partial charge >= 0.3 is 0 Å². The Morgan fingerprint density at radius 2 is 2.28 bits per heavy atom. The SMILES string of the molecule is CC1CN(S(=O)(=O)c2ccc(Cl)s2)CC/C1=N\O. The lowest BCUT2D eigenvalue weighted by Crippen LogP contribution is -2.42. The number of sulfonamides is 1. The van der Waals surface area contributed by atoms with Crippen LogP contribution < -0.4 is 0 Å². The van der Waals surface area contributed by atoms with Crippen LogP contribution >= 0.6 is 22.9 Å². The van der Waals surface area contributed by atoms with Crippen molar-refractivity contribution in [2.24, 2.45) is 11.1 Å². The fourth-order valence-electron chi connectivity index (χ4n) is 1.92. The van der Waals surface area contributed by atoms with Crippen LogP contribution in [0.1, 0.15) is 13.3 Å². The summed E-state index contributed by atoms with van der Waals surface area (Å²) in [5.41, 5.74) is 0.644. The quantitative estimate of drug-likeness (QED) is 0.673. The third kappa shape index (κ3) is 2.54. The van der Waals surface area contributed by atoms with Crippen LogP contribution in [-0.4, -0.2) is 36.7 Å². The van der Waals surface area contributed by atoms with Crippen molar-refractivity contribution in [2.45, 2.75) is 17.6 Å². The largest absolute Gasteiger partial charge is 0.411 e. The van der Waals surface area contributed by atoms with E-state index in [0.717, 1.165) is 11.3 Å². The molecule has 0 aromatic carbocycles. The van der Waals surface area contributed by atoms with Crippen LogP contribution in [0.15, 0.2) is 21.5 Å². The van der Waals surface area contributed by atoms with Gasteiger partial charge in [0.1, 0.15) is 4.21 Å². The summed E-state index contributed by atoms with van der Waals surface area (Å²) in [6, 6.07) is 3.09. The highest BCUT2D eigenvalue weighted by atomic mass is 35.5. The number of piperidine rings is 1. The molecular formula is C10H13ClN2O3S2. The molecule has 0 amide bonds. The molecule has 0 aliphatic carbocycles. The van der Waals surface area contributed by atoms with Gasteiger partial charge in [0.25, 0.3) is 10.0 Å². The fourth-order valence-corrected chi connectivity index (χ4v) is 5.08. The van der Waals surface area contributed by atoms with Crippen LogP contribution in [0.5, 0.6) is 0 Å². The first-order valence-electron chi connectivity index (χ1n) is 5.41. The lowest BCUT2D eigenvalue weighted by atomic mass is 10.00. The molecule has 1 aliphatic heterocycles. The highest BCUT2D eigenvalue weighted by molar-refractivity contribution is 7.91. The topological polar surface area (TPSA) is 70.0 Å². The average Bonchev–Trinajstić information content (AvgIpc) is 2.76. The Balaban J connectivity index is 2.23. The third-order valence-electron chi connectivity index (χ3n) is 2.93. The first kappa shape index (κ1) is 13.8. The predicted octanol–water partition coefficient (Wildman–Crippen LogP) is 2.26. The summed E-state index contributed by atoms with van der Waals surface area (Å²) in [4.78, 5) is 0. The van der Waals surface area contributed by atoms with E-state index in [1.807, 2.05) is 6.92 Å². The van der Waals surface area contributed by atoms with Crippen LogP contribution in [0, 0.1) is 5.92 Å². The molecular weight excluding hydrogens is 296 g/mol. The molecule has 18 heavy (non-hydrogen) atoms. The monoisotopic (exact) mass is 308 g/mol. The van der Waals surface area contributed by atoms with Gasteiger partial charge in [-0.3, -0.25) is 0 Å². The molecule has 0 spiro atoms. The van der Waals surface area contributed by atoms with Crippen LogP contribution in [0.4, 0.5) is 0 Å². The summed E-state index contributed by atoms with van der Waals surface area (Å²) in [6.45, 7) is 2.51. The average molecular weight is 309 g/mol. The minimum Gasteiger partial charge on any atom is -0.411 e. The van der Waals surface area contributed by atoms with E-state index in [1.165, 1.54) is 10.4 Å². The standard InChI is InChI=1S/C10H13ClN2O3S2/c1-7-6-13(5-4-8(7)12-14)18(15,16)10-3-2-9(11)17-10/h2-3,7,14H,4-6H2,1H3/b12-8+. The van der Waals surface area contributed by atoms with Gasteiger partial charge in [0, 0.05) is 25.4 Å². The first-order valence-corrected chi connectivity index (χ1v) is 8.05. The van der Waals surface area contributed by atoms with E-state index >= 15 is 0 Å². The summed E-state index contributed by atoms with van der Waals surface area (Å²) >= 11 is 6.82. The Bertz CT molecular complexity index is 567. The van der Waals surface area contributed by atoms with Gasteiger partial charge in [-0.25, -0.2) is 8.42 Å². The van der Waals surface area contributed by atoms with Crippen molar-refractivity contribution < 1.29 is 13.6 Å². The van der Waals surface area contributed by atoms with Gasteiger partial charge < -0.3 is 5.21 Å². The second-order valence-electron chi connectivity index (χ2n) is 4.16. The van der Waals surface area contributed by atoms with Crippen molar-refractivity contribution in [3.63, 3.8) is 0 Å². The molecule has 0 radical (unpaired) electrons. The summed E-state index contributed by atoms with van der Waals surface area (Å²) < 4.78 is 26.8. The van der Waals surface area contributed by atoms with Crippen molar-refractivity contribution in [1.82, 2.24) is 4.31 Å². The highest BCUT2D eigenvalue weighted by Gasteiger charge is 2.32. The molecule has 1 fully saturated rings. The van der Waals surface area contributed by atoms with Crippen LogP contribution in [0.3, 0.4) is 0 Å². The zero-order valence-electron chi connectivity index (χ0n) is 9.71. The van der Waals surface area contributed by atoms with Gasteiger partial charge in [-0.15, -0.1) is 11.3 Å². The lowest BCUT2D eigenvalue weighted by Gasteiger charge is -2.30. The van der Waals surface area contributed by atoms with Gasteiger partial charge in [-0.05, 0) is 12.1 Å². The van der Waals surface area contributed by atoms with Gasteiger partial charge in [-0.2, -0.15) is 4.31 Å².